The molecule has 1 heterocycles. The molecule has 0 spiro atoms. The number of rotatable bonds is 6. The second-order valence-electron chi connectivity index (χ2n) is 20.6. The van der Waals surface area contributed by atoms with Crippen molar-refractivity contribution >= 4 is 34.0 Å². The van der Waals surface area contributed by atoms with Crippen LogP contribution in [0.15, 0.2) is 179 Å². The third-order valence-electron chi connectivity index (χ3n) is 11.6. The van der Waals surface area contributed by atoms with Crippen LogP contribution >= 0.6 is 11.3 Å². The van der Waals surface area contributed by atoms with Gasteiger partial charge >= 0.3 is 0 Å². The Morgan fingerprint density at radius 1 is 0.344 bits per heavy atom. The maximum atomic E-state index is 14.2. The largest absolute Gasteiger partial charge is 0.289 e. The predicted molar refractivity (Wildman–Crippen MR) is 260 cm³/mol. The smallest absolute Gasteiger partial charge is 0.186 e. The summed E-state index contributed by atoms with van der Waals surface area (Å²) in [4.78, 5) is 30.6. The van der Waals surface area contributed by atoms with Gasteiger partial charge in [-0.25, -0.2) is 0 Å². The summed E-state index contributed by atoms with van der Waals surface area (Å²) in [6, 6.07) is 43.1. The average Bonchev–Trinajstić information content (AvgIpc) is 3.67. The molecule has 5 aromatic rings. The number of carbonyl (C=O) groups excluding carboxylic acids is 2. The van der Waals surface area contributed by atoms with Gasteiger partial charge in [0.05, 0.1) is 0 Å². The fourth-order valence-electron chi connectivity index (χ4n) is 8.20. The molecule has 0 bridgehead atoms. The molecular weight excluding hydrogens is 761 g/mol. The van der Waals surface area contributed by atoms with Crippen molar-refractivity contribution in [3.8, 4) is 22.3 Å². The van der Waals surface area contributed by atoms with Gasteiger partial charge in [-0.05, 0) is 103 Å². The highest BCUT2D eigenvalue weighted by atomic mass is 32.1. The number of hydrogen-bond acceptors (Lipinski definition) is 3. The summed E-state index contributed by atoms with van der Waals surface area (Å²) in [7, 11) is 0. The van der Waals surface area contributed by atoms with Crippen molar-refractivity contribution in [2.75, 3.05) is 0 Å². The van der Waals surface area contributed by atoms with Gasteiger partial charge in [0.1, 0.15) is 0 Å². The molecule has 2 nitrogen and oxygen atoms in total. The highest BCUT2D eigenvalue weighted by molar-refractivity contribution is 7.14. The summed E-state index contributed by atoms with van der Waals surface area (Å²) in [5.74, 6) is 0.241. The van der Waals surface area contributed by atoms with E-state index in [9.17, 15) is 9.59 Å². The van der Waals surface area contributed by atoms with Gasteiger partial charge in [0.25, 0.3) is 0 Å². The van der Waals surface area contributed by atoms with Crippen LogP contribution in [0.3, 0.4) is 0 Å². The molecular formula is C58H60O2S. The first-order valence-corrected chi connectivity index (χ1v) is 22.3. The zero-order valence-electron chi connectivity index (χ0n) is 38.1. The first kappa shape index (κ1) is 43.4. The number of benzene rings is 4. The summed E-state index contributed by atoms with van der Waals surface area (Å²) in [5, 5.41) is 0. The third-order valence-corrected chi connectivity index (χ3v) is 12.8. The maximum absolute atomic E-state index is 14.2. The van der Waals surface area contributed by atoms with E-state index < -0.39 is 0 Å². The van der Waals surface area contributed by atoms with E-state index in [0.717, 1.165) is 76.6 Å². The van der Waals surface area contributed by atoms with E-state index in [1.165, 1.54) is 11.1 Å². The minimum absolute atomic E-state index is 0.120. The monoisotopic (exact) mass is 820 g/mol. The summed E-state index contributed by atoms with van der Waals surface area (Å²) in [6.45, 7) is 25.6. The summed E-state index contributed by atoms with van der Waals surface area (Å²) >= 11 is 1.76. The van der Waals surface area contributed by atoms with Crippen LogP contribution in [0, 0.1) is 21.7 Å². The SMILES string of the molecule is CC(C)(C)C1=CC(=C(c2ccc(-c3ccccc3)cc2)c2ccc(C(=C3C=C(C(C)(C)C)C(=O)C(C(C)(C)C)=C3)c3ccc(-c4ccccc4)cc3)s2)C=C(C(C)(C)C)C1=O. The van der Waals surface area contributed by atoms with Crippen LogP contribution in [0.4, 0.5) is 0 Å². The molecule has 2 aliphatic rings. The van der Waals surface area contributed by atoms with Crippen molar-refractivity contribution in [3.05, 3.63) is 200 Å². The molecule has 0 N–H and O–H groups in total. The normalized spacial score (nSPS) is 15.3. The Morgan fingerprint density at radius 2 is 0.607 bits per heavy atom. The first-order valence-electron chi connectivity index (χ1n) is 21.5. The Kier molecular flexibility index (Phi) is 11.6. The molecule has 4 aromatic carbocycles. The van der Waals surface area contributed by atoms with Crippen molar-refractivity contribution in [1.82, 2.24) is 0 Å². The van der Waals surface area contributed by atoms with E-state index in [2.05, 4.69) is 217 Å². The number of allylic oxidation sites excluding steroid dienone is 10. The van der Waals surface area contributed by atoms with Crippen LogP contribution in [0.25, 0.3) is 33.4 Å². The molecule has 310 valence electrons. The van der Waals surface area contributed by atoms with Gasteiger partial charge in [0.15, 0.2) is 11.6 Å². The van der Waals surface area contributed by atoms with Crippen molar-refractivity contribution in [1.29, 1.82) is 0 Å². The van der Waals surface area contributed by atoms with Crippen LogP contribution in [0.2, 0.25) is 0 Å². The Bertz CT molecular complexity index is 2420. The molecule has 0 aliphatic heterocycles. The molecule has 0 atom stereocenters. The van der Waals surface area contributed by atoms with Gasteiger partial charge in [-0.3, -0.25) is 9.59 Å². The average molecular weight is 821 g/mol. The van der Waals surface area contributed by atoms with Gasteiger partial charge < -0.3 is 0 Å². The van der Waals surface area contributed by atoms with Crippen molar-refractivity contribution < 1.29 is 9.59 Å². The number of ketones is 2. The second kappa shape index (κ2) is 16.3. The summed E-state index contributed by atoms with van der Waals surface area (Å²) in [5.41, 5.74) is 12.9. The molecule has 0 fully saturated rings. The van der Waals surface area contributed by atoms with Crippen LogP contribution < -0.4 is 0 Å². The third kappa shape index (κ3) is 9.19. The second-order valence-corrected chi connectivity index (χ2v) is 21.7. The highest BCUT2D eigenvalue weighted by Crippen LogP contribution is 2.46. The van der Waals surface area contributed by atoms with Gasteiger partial charge in [-0.2, -0.15) is 0 Å². The first-order chi connectivity index (χ1) is 28.6. The molecule has 1 aromatic heterocycles. The zero-order valence-corrected chi connectivity index (χ0v) is 38.9. The summed E-state index contributed by atoms with van der Waals surface area (Å²) in [6.07, 6.45) is 8.57. The van der Waals surface area contributed by atoms with Crippen molar-refractivity contribution in [3.63, 3.8) is 0 Å². The van der Waals surface area contributed by atoms with Gasteiger partial charge in [0.2, 0.25) is 0 Å². The van der Waals surface area contributed by atoms with E-state index in [-0.39, 0.29) is 33.2 Å². The van der Waals surface area contributed by atoms with Crippen LogP contribution in [-0.4, -0.2) is 11.6 Å². The van der Waals surface area contributed by atoms with E-state index in [0.29, 0.717) is 0 Å². The fourth-order valence-corrected chi connectivity index (χ4v) is 9.39. The standard InChI is InChI=1S/C58H60O2S/c1-55(2,3)45-33-43(34-46(53(45)59)56(4,5)6)51(41-27-23-39(24-28-41)37-19-15-13-16-20-37)49-31-32-50(61-49)52(42-29-25-40(26-30-42)38-21-17-14-18-22-38)44-35-47(57(7,8)9)54(60)48(36-44)58(10,11)12/h13-36H,1-12H3. The fraction of sp³-hybridized carbons (Fsp3) is 0.276. The number of thiophene rings is 1. The lowest BCUT2D eigenvalue weighted by Gasteiger charge is -2.32. The van der Waals surface area contributed by atoms with Crippen LogP contribution in [0.5, 0.6) is 0 Å². The molecule has 2 aliphatic carbocycles. The van der Waals surface area contributed by atoms with Crippen LogP contribution in [0.1, 0.15) is 104 Å². The lowest BCUT2D eigenvalue weighted by molar-refractivity contribution is -0.114. The minimum atomic E-state index is -0.355. The van der Waals surface area contributed by atoms with Gasteiger partial charge in [-0.1, -0.05) is 192 Å². The highest BCUT2D eigenvalue weighted by Gasteiger charge is 2.37. The number of carbonyl (C=O) groups is 2. The Hall–Kier alpha value is -5.64. The molecule has 0 saturated heterocycles. The van der Waals surface area contributed by atoms with Gasteiger partial charge in [-0.15, -0.1) is 11.3 Å². The molecule has 0 radical (unpaired) electrons. The summed E-state index contributed by atoms with van der Waals surface area (Å²) < 4.78 is 0. The zero-order chi connectivity index (χ0) is 44.1. The van der Waals surface area contributed by atoms with E-state index in [1.807, 2.05) is 12.1 Å². The quantitative estimate of drug-likeness (QED) is 0.171. The Labute approximate surface area is 368 Å². The molecule has 61 heavy (non-hydrogen) atoms. The lowest BCUT2D eigenvalue weighted by atomic mass is 9.71. The Morgan fingerprint density at radius 3 is 0.869 bits per heavy atom. The Balaban J connectivity index is 1.51. The number of hydrogen-bond donors (Lipinski definition) is 0. The molecule has 0 amide bonds. The topological polar surface area (TPSA) is 34.1 Å². The van der Waals surface area contributed by atoms with Crippen molar-refractivity contribution in [2.45, 2.75) is 83.1 Å². The van der Waals surface area contributed by atoms with E-state index >= 15 is 0 Å². The van der Waals surface area contributed by atoms with Crippen molar-refractivity contribution in [2.24, 2.45) is 21.7 Å². The molecule has 0 unspecified atom stereocenters. The molecule has 0 saturated carbocycles. The molecule has 3 heteroatoms. The number of Topliss-reactive ketones (excluding diaryl/α,β-unsaturated/α-hetero) is 2. The van der Waals surface area contributed by atoms with E-state index in [4.69, 9.17) is 0 Å². The maximum Gasteiger partial charge on any atom is 0.186 e. The lowest BCUT2D eigenvalue weighted by Crippen LogP contribution is -2.28. The van der Waals surface area contributed by atoms with E-state index in [1.54, 1.807) is 11.3 Å². The minimum Gasteiger partial charge on any atom is -0.289 e. The van der Waals surface area contributed by atoms with Crippen LogP contribution in [-0.2, 0) is 9.59 Å². The van der Waals surface area contributed by atoms with Gasteiger partial charge in [0, 0.05) is 43.2 Å². The molecule has 7 rings (SSSR count). The predicted octanol–water partition coefficient (Wildman–Crippen LogP) is 15.7.